The molecule has 0 unspecified atom stereocenters. The largest absolute Gasteiger partial charge is 0.478 e. The van der Waals surface area contributed by atoms with E-state index in [9.17, 15) is 9.59 Å². The van der Waals surface area contributed by atoms with Gasteiger partial charge in [0.25, 0.3) is 0 Å². The Kier molecular flexibility index (Phi) is 3.86. The zero-order chi connectivity index (χ0) is 13.1. The van der Waals surface area contributed by atoms with Crippen LogP contribution in [-0.4, -0.2) is 42.3 Å². The average Bonchev–Trinajstić information content (AvgIpc) is 2.88. The molecule has 0 atom stereocenters. The number of amides is 1. The molecule has 0 aliphatic carbocycles. The molecule has 5 nitrogen and oxygen atoms in total. The van der Waals surface area contributed by atoms with Gasteiger partial charge >= 0.3 is 12.1 Å². The van der Waals surface area contributed by atoms with E-state index < -0.39 is 5.97 Å². The van der Waals surface area contributed by atoms with Crippen LogP contribution in [0.3, 0.4) is 0 Å². The van der Waals surface area contributed by atoms with E-state index in [-0.39, 0.29) is 6.09 Å². The van der Waals surface area contributed by atoms with E-state index in [1.54, 1.807) is 16.3 Å². The van der Waals surface area contributed by atoms with Crippen LogP contribution in [0, 0.1) is 0 Å². The van der Waals surface area contributed by atoms with Crippen LogP contribution in [0.2, 0.25) is 0 Å². The van der Waals surface area contributed by atoms with Crippen molar-refractivity contribution in [1.29, 1.82) is 0 Å². The molecule has 1 aromatic heterocycles. The van der Waals surface area contributed by atoms with Gasteiger partial charge in [-0.2, -0.15) is 0 Å². The van der Waals surface area contributed by atoms with Gasteiger partial charge < -0.3 is 14.7 Å². The minimum absolute atomic E-state index is 0.286. The van der Waals surface area contributed by atoms with Gasteiger partial charge in [0, 0.05) is 23.3 Å². The Labute approximate surface area is 109 Å². The lowest BCUT2D eigenvalue weighted by atomic mass is 9.95. The molecule has 1 saturated heterocycles. The third kappa shape index (κ3) is 2.64. The first kappa shape index (κ1) is 12.9. The quantitative estimate of drug-likeness (QED) is 0.895. The van der Waals surface area contributed by atoms with Crippen LogP contribution in [0.25, 0.3) is 0 Å². The number of thiophene rings is 1. The predicted octanol–water partition coefficient (Wildman–Crippen LogP) is 2.39. The first-order chi connectivity index (χ1) is 8.61. The molecule has 1 aliphatic heterocycles. The van der Waals surface area contributed by atoms with Crippen LogP contribution in [0.15, 0.2) is 11.4 Å². The molecule has 0 spiro atoms. The second-order valence-electron chi connectivity index (χ2n) is 4.27. The summed E-state index contributed by atoms with van der Waals surface area (Å²) >= 11 is 1.48. The van der Waals surface area contributed by atoms with Crippen molar-refractivity contribution in [2.45, 2.75) is 18.8 Å². The number of nitrogens with zero attached hydrogens (tertiary/aromatic N) is 1. The number of carbonyl (C=O) groups excluding carboxylic acids is 1. The Morgan fingerprint density at radius 1 is 1.44 bits per heavy atom. The van der Waals surface area contributed by atoms with E-state index in [0.717, 1.165) is 17.7 Å². The molecule has 1 amide bonds. The summed E-state index contributed by atoms with van der Waals surface area (Å²) in [4.78, 5) is 24.9. The lowest BCUT2D eigenvalue weighted by molar-refractivity contribution is 0.0697. The molecule has 0 saturated carbocycles. The van der Waals surface area contributed by atoms with E-state index >= 15 is 0 Å². The van der Waals surface area contributed by atoms with Crippen LogP contribution in [0.5, 0.6) is 0 Å². The summed E-state index contributed by atoms with van der Waals surface area (Å²) in [5.41, 5.74) is 0.352. The minimum Gasteiger partial charge on any atom is -0.478 e. The molecule has 1 fully saturated rings. The van der Waals surface area contributed by atoms with Crippen molar-refractivity contribution < 1.29 is 19.4 Å². The van der Waals surface area contributed by atoms with Gasteiger partial charge in [-0.25, -0.2) is 9.59 Å². The van der Waals surface area contributed by atoms with Crippen LogP contribution >= 0.6 is 11.3 Å². The van der Waals surface area contributed by atoms with E-state index in [4.69, 9.17) is 5.11 Å². The fourth-order valence-electron chi connectivity index (χ4n) is 2.15. The molecule has 0 radical (unpaired) electrons. The maximum Gasteiger partial charge on any atom is 0.409 e. The molecular formula is C12H15NO4S. The maximum atomic E-state index is 11.3. The van der Waals surface area contributed by atoms with Gasteiger partial charge in [-0.3, -0.25) is 0 Å². The molecule has 98 valence electrons. The van der Waals surface area contributed by atoms with Crippen molar-refractivity contribution in [3.8, 4) is 0 Å². The molecule has 1 N–H and O–H groups in total. The summed E-state index contributed by atoms with van der Waals surface area (Å²) < 4.78 is 4.68. The van der Waals surface area contributed by atoms with Gasteiger partial charge in [0.15, 0.2) is 0 Å². The number of likely N-dealkylation sites (tertiary alicyclic amines) is 1. The highest BCUT2D eigenvalue weighted by Crippen LogP contribution is 2.32. The summed E-state index contributed by atoms with van der Waals surface area (Å²) in [6, 6.07) is 1.74. The molecule has 0 aromatic carbocycles. The number of hydrogen-bond donors (Lipinski definition) is 1. The normalized spacial score (nSPS) is 16.6. The van der Waals surface area contributed by atoms with Crippen molar-refractivity contribution in [2.24, 2.45) is 0 Å². The number of piperidine rings is 1. The number of carboxylic acid groups (broad SMARTS) is 1. The number of rotatable bonds is 2. The van der Waals surface area contributed by atoms with Crippen molar-refractivity contribution >= 4 is 23.4 Å². The zero-order valence-corrected chi connectivity index (χ0v) is 10.9. The van der Waals surface area contributed by atoms with Gasteiger partial charge in [0.2, 0.25) is 0 Å². The standard InChI is InChI=1S/C12H15NO4S/c1-17-12(16)13-4-2-8(3-5-13)10-6-9(7-18-10)11(14)15/h6-8H,2-5H2,1H3,(H,14,15). The smallest absolute Gasteiger partial charge is 0.409 e. The maximum absolute atomic E-state index is 11.3. The van der Waals surface area contributed by atoms with Crippen LogP contribution in [0.1, 0.15) is 34.0 Å². The Morgan fingerprint density at radius 3 is 2.61 bits per heavy atom. The minimum atomic E-state index is -0.885. The lowest BCUT2D eigenvalue weighted by Gasteiger charge is -2.30. The van der Waals surface area contributed by atoms with E-state index in [1.807, 2.05) is 0 Å². The van der Waals surface area contributed by atoms with Gasteiger partial charge in [0.1, 0.15) is 0 Å². The second-order valence-corrected chi connectivity index (χ2v) is 5.22. The van der Waals surface area contributed by atoms with Gasteiger partial charge in [-0.1, -0.05) is 0 Å². The third-order valence-corrected chi connectivity index (χ3v) is 4.29. The molecule has 2 heterocycles. The predicted molar refractivity (Wildman–Crippen MR) is 67.2 cm³/mol. The van der Waals surface area contributed by atoms with E-state index in [0.29, 0.717) is 24.6 Å². The lowest BCUT2D eigenvalue weighted by Crippen LogP contribution is -2.37. The fraction of sp³-hybridized carbons (Fsp3) is 0.500. The van der Waals surface area contributed by atoms with Gasteiger partial charge in [-0.15, -0.1) is 11.3 Å². The molecule has 1 aromatic rings. The monoisotopic (exact) mass is 269 g/mol. The number of ether oxygens (including phenoxy) is 1. The van der Waals surface area contributed by atoms with E-state index in [2.05, 4.69) is 4.74 Å². The molecule has 0 bridgehead atoms. The topological polar surface area (TPSA) is 66.8 Å². The molecule has 18 heavy (non-hydrogen) atoms. The number of carboxylic acids is 1. The first-order valence-corrected chi connectivity index (χ1v) is 6.64. The highest BCUT2D eigenvalue weighted by Gasteiger charge is 2.25. The van der Waals surface area contributed by atoms with Crippen molar-refractivity contribution in [3.05, 3.63) is 21.9 Å². The number of hydrogen-bond acceptors (Lipinski definition) is 4. The molecular weight excluding hydrogens is 254 g/mol. The Balaban J connectivity index is 1.96. The molecule has 6 heteroatoms. The summed E-state index contributed by atoms with van der Waals surface area (Å²) in [7, 11) is 1.38. The highest BCUT2D eigenvalue weighted by molar-refractivity contribution is 7.10. The summed E-state index contributed by atoms with van der Waals surface area (Å²) in [6.45, 7) is 1.33. The summed E-state index contributed by atoms with van der Waals surface area (Å²) in [5, 5.41) is 10.6. The van der Waals surface area contributed by atoms with Gasteiger partial charge in [0.05, 0.1) is 12.7 Å². The van der Waals surface area contributed by atoms with Crippen LogP contribution in [-0.2, 0) is 4.74 Å². The Hall–Kier alpha value is -1.56. The Bertz CT molecular complexity index is 449. The number of aromatic carboxylic acids is 1. The summed E-state index contributed by atoms with van der Waals surface area (Å²) in [5.74, 6) is -0.534. The summed E-state index contributed by atoms with van der Waals surface area (Å²) in [6.07, 6.45) is 1.43. The second kappa shape index (κ2) is 5.39. The van der Waals surface area contributed by atoms with Crippen molar-refractivity contribution in [2.75, 3.05) is 20.2 Å². The highest BCUT2D eigenvalue weighted by atomic mass is 32.1. The van der Waals surface area contributed by atoms with Gasteiger partial charge in [-0.05, 0) is 24.8 Å². The Morgan fingerprint density at radius 2 is 2.11 bits per heavy atom. The number of carbonyl (C=O) groups is 2. The first-order valence-electron chi connectivity index (χ1n) is 5.76. The van der Waals surface area contributed by atoms with Crippen molar-refractivity contribution in [3.63, 3.8) is 0 Å². The number of methoxy groups -OCH3 is 1. The van der Waals surface area contributed by atoms with E-state index in [1.165, 1.54) is 18.4 Å². The van der Waals surface area contributed by atoms with Crippen molar-refractivity contribution in [1.82, 2.24) is 4.90 Å². The third-order valence-electron chi connectivity index (χ3n) is 3.20. The van der Waals surface area contributed by atoms with Crippen LogP contribution < -0.4 is 0 Å². The fourth-order valence-corrected chi connectivity index (χ4v) is 3.21. The molecule has 1 aliphatic rings. The zero-order valence-electron chi connectivity index (χ0n) is 10.1. The SMILES string of the molecule is COC(=O)N1CCC(c2cc(C(=O)O)cs2)CC1. The average molecular weight is 269 g/mol. The molecule has 2 rings (SSSR count). The van der Waals surface area contributed by atoms with Crippen LogP contribution in [0.4, 0.5) is 4.79 Å².